The van der Waals surface area contributed by atoms with Crippen molar-refractivity contribution in [2.45, 2.75) is 17.3 Å². The standard InChI is InChI=1S/C11H15N5OS2/c1-7(10(17)15(2)3)19-11-14-13-9(16(11)12)8-5-4-6-18-8/h4-7H,12H2,1-3H3. The summed E-state index contributed by atoms with van der Waals surface area (Å²) in [6, 6.07) is 3.86. The molecule has 1 unspecified atom stereocenters. The molecule has 2 rings (SSSR count). The molecule has 2 aromatic rings. The van der Waals surface area contributed by atoms with E-state index in [1.165, 1.54) is 16.4 Å². The van der Waals surface area contributed by atoms with Gasteiger partial charge in [-0.25, -0.2) is 4.68 Å². The van der Waals surface area contributed by atoms with E-state index in [2.05, 4.69) is 10.2 Å². The summed E-state index contributed by atoms with van der Waals surface area (Å²) in [5.74, 6) is 6.60. The van der Waals surface area contributed by atoms with E-state index < -0.39 is 0 Å². The maximum atomic E-state index is 11.8. The minimum Gasteiger partial charge on any atom is -0.348 e. The Morgan fingerprint density at radius 3 is 2.84 bits per heavy atom. The predicted molar refractivity (Wildman–Crippen MR) is 77.5 cm³/mol. The first-order valence-electron chi connectivity index (χ1n) is 5.63. The number of rotatable bonds is 4. The van der Waals surface area contributed by atoms with E-state index >= 15 is 0 Å². The van der Waals surface area contributed by atoms with Gasteiger partial charge < -0.3 is 10.7 Å². The number of nitrogen functional groups attached to an aromatic ring is 1. The molecule has 0 spiro atoms. The second-order valence-corrected chi connectivity index (χ2v) is 6.40. The van der Waals surface area contributed by atoms with Gasteiger partial charge in [-0.15, -0.1) is 21.5 Å². The molecule has 0 aliphatic carbocycles. The molecule has 2 N–H and O–H groups in total. The number of amides is 1. The van der Waals surface area contributed by atoms with Crippen molar-refractivity contribution in [3.05, 3.63) is 17.5 Å². The number of carbonyl (C=O) groups excluding carboxylic acids is 1. The SMILES string of the molecule is CC(Sc1nnc(-c2cccs2)n1N)C(=O)N(C)C. The van der Waals surface area contributed by atoms with E-state index in [9.17, 15) is 4.79 Å². The number of hydrogen-bond donors (Lipinski definition) is 1. The molecule has 0 radical (unpaired) electrons. The highest BCUT2D eigenvalue weighted by molar-refractivity contribution is 8.00. The van der Waals surface area contributed by atoms with Gasteiger partial charge in [0.1, 0.15) is 0 Å². The summed E-state index contributed by atoms with van der Waals surface area (Å²) in [5, 5.41) is 10.3. The number of hydrogen-bond acceptors (Lipinski definition) is 6. The van der Waals surface area contributed by atoms with Gasteiger partial charge in [-0.1, -0.05) is 17.8 Å². The lowest BCUT2D eigenvalue weighted by Gasteiger charge is -2.15. The summed E-state index contributed by atoms with van der Waals surface area (Å²) in [6.07, 6.45) is 0. The van der Waals surface area contributed by atoms with Crippen LogP contribution < -0.4 is 5.84 Å². The van der Waals surface area contributed by atoms with E-state index in [1.54, 1.807) is 30.3 Å². The normalized spacial score (nSPS) is 12.4. The Bertz CT molecular complexity index is 564. The van der Waals surface area contributed by atoms with Gasteiger partial charge >= 0.3 is 0 Å². The van der Waals surface area contributed by atoms with E-state index in [0.29, 0.717) is 11.0 Å². The van der Waals surface area contributed by atoms with Crippen molar-refractivity contribution >= 4 is 29.0 Å². The average molecular weight is 297 g/mol. The lowest BCUT2D eigenvalue weighted by molar-refractivity contribution is -0.127. The van der Waals surface area contributed by atoms with Crippen LogP contribution in [0.3, 0.4) is 0 Å². The molecule has 19 heavy (non-hydrogen) atoms. The topological polar surface area (TPSA) is 77.0 Å². The molecule has 0 saturated carbocycles. The van der Waals surface area contributed by atoms with Gasteiger partial charge in [0.25, 0.3) is 0 Å². The third kappa shape index (κ3) is 2.90. The summed E-state index contributed by atoms with van der Waals surface area (Å²) >= 11 is 2.85. The quantitative estimate of drug-likeness (QED) is 0.679. The summed E-state index contributed by atoms with van der Waals surface area (Å²) < 4.78 is 1.43. The van der Waals surface area contributed by atoms with Crippen LogP contribution in [0.15, 0.2) is 22.7 Å². The van der Waals surface area contributed by atoms with Crippen LogP contribution in [0, 0.1) is 0 Å². The zero-order valence-corrected chi connectivity index (χ0v) is 12.5. The molecule has 1 atom stereocenters. The highest BCUT2D eigenvalue weighted by atomic mass is 32.2. The average Bonchev–Trinajstić information content (AvgIpc) is 2.99. The minimum atomic E-state index is -0.252. The van der Waals surface area contributed by atoms with Gasteiger partial charge in [0.2, 0.25) is 11.1 Å². The predicted octanol–water partition coefficient (Wildman–Crippen LogP) is 1.29. The molecule has 2 aromatic heterocycles. The molecule has 0 saturated heterocycles. The van der Waals surface area contributed by atoms with Gasteiger partial charge in [0.05, 0.1) is 10.1 Å². The van der Waals surface area contributed by atoms with Crippen molar-refractivity contribution in [3.8, 4) is 10.7 Å². The van der Waals surface area contributed by atoms with Gasteiger partial charge in [-0.2, -0.15) is 0 Å². The number of aromatic nitrogens is 3. The van der Waals surface area contributed by atoms with Crippen molar-refractivity contribution in [1.29, 1.82) is 0 Å². The van der Waals surface area contributed by atoms with E-state index in [4.69, 9.17) is 5.84 Å². The number of nitrogens with two attached hydrogens (primary N) is 1. The number of nitrogens with zero attached hydrogens (tertiary/aromatic N) is 4. The Hall–Kier alpha value is -1.54. The summed E-state index contributed by atoms with van der Waals surface area (Å²) in [5.41, 5.74) is 0. The molecular weight excluding hydrogens is 282 g/mol. The molecule has 8 heteroatoms. The van der Waals surface area contributed by atoms with Crippen LogP contribution in [-0.2, 0) is 4.79 Å². The first kappa shape index (κ1) is 13.9. The van der Waals surface area contributed by atoms with Crippen LogP contribution in [0.2, 0.25) is 0 Å². The van der Waals surface area contributed by atoms with E-state index in [-0.39, 0.29) is 11.2 Å². The second-order valence-electron chi connectivity index (χ2n) is 4.15. The minimum absolute atomic E-state index is 0.0191. The molecule has 0 aliphatic heterocycles. The van der Waals surface area contributed by atoms with Crippen LogP contribution in [0.25, 0.3) is 10.7 Å². The molecule has 1 amide bonds. The monoisotopic (exact) mass is 297 g/mol. The molecule has 102 valence electrons. The van der Waals surface area contributed by atoms with Crippen LogP contribution in [0.1, 0.15) is 6.92 Å². The van der Waals surface area contributed by atoms with Crippen molar-refractivity contribution in [1.82, 2.24) is 19.8 Å². The highest BCUT2D eigenvalue weighted by Crippen LogP contribution is 2.27. The number of thiophene rings is 1. The van der Waals surface area contributed by atoms with Gasteiger partial charge in [-0.05, 0) is 18.4 Å². The molecule has 0 bridgehead atoms. The molecular formula is C11H15N5OS2. The summed E-state index contributed by atoms with van der Waals surface area (Å²) in [4.78, 5) is 14.3. The van der Waals surface area contributed by atoms with Crippen LogP contribution in [-0.4, -0.2) is 45.0 Å². The van der Waals surface area contributed by atoms with Crippen LogP contribution in [0.4, 0.5) is 0 Å². The molecule has 2 heterocycles. The van der Waals surface area contributed by atoms with Gasteiger partial charge in [0.15, 0.2) is 5.82 Å². The number of carbonyl (C=O) groups is 1. The first-order chi connectivity index (χ1) is 9.00. The van der Waals surface area contributed by atoms with Crippen molar-refractivity contribution < 1.29 is 4.79 Å². The van der Waals surface area contributed by atoms with Crippen molar-refractivity contribution in [3.63, 3.8) is 0 Å². The first-order valence-corrected chi connectivity index (χ1v) is 7.39. The maximum absolute atomic E-state index is 11.8. The highest BCUT2D eigenvalue weighted by Gasteiger charge is 2.21. The van der Waals surface area contributed by atoms with Crippen LogP contribution >= 0.6 is 23.1 Å². The fourth-order valence-electron chi connectivity index (χ4n) is 1.50. The molecule has 6 nitrogen and oxygen atoms in total. The van der Waals surface area contributed by atoms with E-state index in [0.717, 1.165) is 4.88 Å². The zero-order valence-electron chi connectivity index (χ0n) is 10.9. The zero-order chi connectivity index (χ0) is 14.0. The Morgan fingerprint density at radius 1 is 1.53 bits per heavy atom. The van der Waals surface area contributed by atoms with Crippen molar-refractivity contribution in [2.24, 2.45) is 0 Å². The summed E-state index contributed by atoms with van der Waals surface area (Å²) in [7, 11) is 3.45. The largest absolute Gasteiger partial charge is 0.348 e. The Kier molecular flexibility index (Phi) is 4.11. The maximum Gasteiger partial charge on any atom is 0.235 e. The lowest BCUT2D eigenvalue weighted by atomic mass is 10.4. The Balaban J connectivity index is 2.17. The molecule has 0 fully saturated rings. The Labute approximate surface area is 119 Å². The molecule has 0 aliphatic rings. The smallest absolute Gasteiger partial charge is 0.235 e. The Morgan fingerprint density at radius 2 is 2.26 bits per heavy atom. The van der Waals surface area contributed by atoms with Gasteiger partial charge in [-0.3, -0.25) is 4.79 Å². The summed E-state index contributed by atoms with van der Waals surface area (Å²) in [6.45, 7) is 1.83. The van der Waals surface area contributed by atoms with E-state index in [1.807, 2.05) is 24.4 Å². The van der Waals surface area contributed by atoms with Crippen molar-refractivity contribution in [2.75, 3.05) is 19.9 Å². The lowest BCUT2D eigenvalue weighted by Crippen LogP contribution is -2.30. The fraction of sp³-hybridized carbons (Fsp3) is 0.364. The fourth-order valence-corrected chi connectivity index (χ4v) is 3.12. The third-order valence-corrected chi connectivity index (χ3v) is 4.39. The van der Waals surface area contributed by atoms with Crippen LogP contribution in [0.5, 0.6) is 0 Å². The van der Waals surface area contributed by atoms with Gasteiger partial charge in [0, 0.05) is 14.1 Å². The number of thioether (sulfide) groups is 1. The third-order valence-electron chi connectivity index (χ3n) is 2.48. The molecule has 0 aromatic carbocycles. The second kappa shape index (κ2) is 5.62.